The molecule has 1 aromatic rings. The van der Waals surface area contributed by atoms with Crippen LogP contribution in [0.15, 0.2) is 77.2 Å². The smallest absolute Gasteiger partial charge is 0.290 e. The van der Waals surface area contributed by atoms with Gasteiger partial charge in [0.2, 0.25) is 5.91 Å². The molecule has 0 bridgehead atoms. The van der Waals surface area contributed by atoms with E-state index in [9.17, 15) is 4.79 Å². The van der Waals surface area contributed by atoms with Crippen molar-refractivity contribution in [3.8, 4) is 0 Å². The lowest BCUT2D eigenvalue weighted by Crippen LogP contribution is -2.33. The number of anilines is 1. The van der Waals surface area contributed by atoms with Crippen molar-refractivity contribution >= 4 is 23.8 Å². The minimum absolute atomic E-state index is 0.182. The second-order valence-corrected chi connectivity index (χ2v) is 9.34. The van der Waals surface area contributed by atoms with Crippen LogP contribution in [0.4, 0.5) is 5.69 Å². The molecule has 1 amide bonds. The lowest BCUT2D eigenvalue weighted by atomic mass is 9.88. The molecule has 0 aliphatic heterocycles. The summed E-state index contributed by atoms with van der Waals surface area (Å²) in [5.41, 5.74) is 10.2. The Morgan fingerprint density at radius 2 is 1.90 bits per heavy atom. The Bertz CT molecular complexity index is 1020. The molecule has 39 heavy (non-hydrogen) atoms. The molecule has 1 saturated carbocycles. The zero-order valence-electron chi connectivity index (χ0n) is 24.1. The first kappa shape index (κ1) is 33.4. The number of benzene rings is 1. The number of carbonyl (C=O) groups excluding carboxylic acids is 1. The number of hydrogen-bond acceptors (Lipinski definition) is 6. The summed E-state index contributed by atoms with van der Waals surface area (Å²) in [6.07, 6.45) is 17.8. The number of carboxylic acid groups (broad SMARTS) is 1. The number of rotatable bonds is 12. The Kier molecular flexibility index (Phi) is 16.6. The van der Waals surface area contributed by atoms with Gasteiger partial charge in [-0.3, -0.25) is 9.59 Å². The van der Waals surface area contributed by atoms with Crippen molar-refractivity contribution in [1.82, 2.24) is 4.90 Å². The maximum absolute atomic E-state index is 12.8. The van der Waals surface area contributed by atoms with E-state index < -0.39 is 0 Å². The third-order valence-corrected chi connectivity index (χ3v) is 6.39. The van der Waals surface area contributed by atoms with Crippen molar-refractivity contribution in [3.63, 3.8) is 0 Å². The van der Waals surface area contributed by atoms with Crippen molar-refractivity contribution in [2.24, 2.45) is 16.6 Å². The first-order valence-electron chi connectivity index (χ1n) is 13.6. The average Bonchev–Trinajstić information content (AvgIpc) is 2.95. The summed E-state index contributed by atoms with van der Waals surface area (Å²) in [5, 5.41) is 10.3. The van der Waals surface area contributed by atoms with Gasteiger partial charge in [-0.25, -0.2) is 4.99 Å². The summed E-state index contributed by atoms with van der Waals surface area (Å²) in [6.45, 7) is 6.36. The van der Waals surface area contributed by atoms with Crippen LogP contribution >= 0.6 is 0 Å². The molecule has 0 aromatic heterocycles. The summed E-state index contributed by atoms with van der Waals surface area (Å²) in [4.78, 5) is 27.9. The number of methoxy groups -OCH3 is 1. The number of allylic oxidation sites excluding steroid dienone is 5. The van der Waals surface area contributed by atoms with E-state index in [1.54, 1.807) is 7.11 Å². The first-order chi connectivity index (χ1) is 18.8. The minimum atomic E-state index is -0.269. The second-order valence-electron chi connectivity index (χ2n) is 9.34. The van der Waals surface area contributed by atoms with E-state index in [1.807, 2.05) is 74.4 Å². The van der Waals surface area contributed by atoms with Gasteiger partial charge in [-0.05, 0) is 63.0 Å². The van der Waals surface area contributed by atoms with E-state index in [1.165, 1.54) is 12.6 Å². The molecule has 0 spiro atoms. The Morgan fingerprint density at radius 1 is 1.26 bits per heavy atom. The zero-order chi connectivity index (χ0) is 29.0. The molecule has 2 rings (SSSR count). The molecule has 1 aliphatic carbocycles. The molecule has 0 saturated heterocycles. The van der Waals surface area contributed by atoms with Crippen molar-refractivity contribution < 1.29 is 19.4 Å². The van der Waals surface area contributed by atoms with Crippen LogP contribution < -0.4 is 11.1 Å². The maximum Gasteiger partial charge on any atom is 0.290 e. The summed E-state index contributed by atoms with van der Waals surface area (Å²) in [6, 6.07) is 8.08. The third kappa shape index (κ3) is 12.2. The number of carbonyl (C=O) groups is 2. The predicted octanol–water partition coefficient (Wildman–Crippen LogP) is 6.04. The second kappa shape index (κ2) is 19.4. The van der Waals surface area contributed by atoms with Gasteiger partial charge >= 0.3 is 0 Å². The third-order valence-electron chi connectivity index (χ3n) is 6.39. The maximum atomic E-state index is 12.8. The highest BCUT2D eigenvalue weighted by atomic mass is 16.5. The van der Waals surface area contributed by atoms with Crippen LogP contribution in [-0.4, -0.2) is 48.4 Å². The van der Waals surface area contributed by atoms with Crippen molar-refractivity contribution in [2.45, 2.75) is 71.9 Å². The predicted molar refractivity (Wildman–Crippen MR) is 160 cm³/mol. The molecule has 0 radical (unpaired) electrons. The van der Waals surface area contributed by atoms with Gasteiger partial charge in [-0.15, -0.1) is 0 Å². The molecule has 1 aromatic carbocycles. The van der Waals surface area contributed by atoms with Gasteiger partial charge in [-0.1, -0.05) is 56.5 Å². The fraction of sp³-hybridized carbons (Fsp3) is 0.452. The van der Waals surface area contributed by atoms with Crippen LogP contribution in [0.3, 0.4) is 0 Å². The zero-order valence-corrected chi connectivity index (χ0v) is 24.1. The van der Waals surface area contributed by atoms with E-state index in [0.717, 1.165) is 49.1 Å². The standard InChI is InChI=1S/C30H44N4O2.CH2O2/c1-6-8-10-16-26(13-7-2)33-29(23(3)36-5)28(21-31)32-27-19-17-24(18-20-27)22-34(4)30(35)25-14-11-9-12-15-25;2-1-3/h7-8,10,13,16-21,23,25,32H,6,9,11-12,14-15,22,31H2,1-5H3;1H,(H,2,3)/b10-8+,13-7-,26-16+,28-21+,33-29+;/t23-;/m0./s1. The Morgan fingerprint density at radius 3 is 2.44 bits per heavy atom. The normalized spacial score (nSPS) is 16.1. The molecule has 8 nitrogen and oxygen atoms in total. The topological polar surface area (TPSA) is 117 Å². The largest absolute Gasteiger partial charge is 0.483 e. The fourth-order valence-corrected chi connectivity index (χ4v) is 4.28. The van der Waals surface area contributed by atoms with Crippen LogP contribution in [0.25, 0.3) is 0 Å². The number of nitrogens with zero attached hydrogens (tertiary/aromatic N) is 2. The van der Waals surface area contributed by atoms with Crippen molar-refractivity contribution in [3.05, 3.63) is 77.8 Å². The van der Waals surface area contributed by atoms with Crippen LogP contribution in [0.1, 0.15) is 64.9 Å². The Hall–Kier alpha value is -3.65. The van der Waals surface area contributed by atoms with Crippen molar-refractivity contribution in [1.29, 1.82) is 0 Å². The molecule has 4 N–H and O–H groups in total. The Balaban J connectivity index is 0.00000242. The van der Waals surface area contributed by atoms with E-state index in [2.05, 4.69) is 18.3 Å². The summed E-state index contributed by atoms with van der Waals surface area (Å²) < 4.78 is 5.60. The van der Waals surface area contributed by atoms with Gasteiger partial charge in [0.1, 0.15) is 0 Å². The number of hydrogen-bond donors (Lipinski definition) is 3. The van der Waals surface area contributed by atoms with Gasteiger partial charge in [0.25, 0.3) is 6.47 Å². The highest BCUT2D eigenvalue weighted by Gasteiger charge is 2.24. The highest BCUT2D eigenvalue weighted by molar-refractivity contribution is 6.06. The average molecular weight is 539 g/mol. The van der Waals surface area contributed by atoms with E-state index >= 15 is 0 Å². The summed E-state index contributed by atoms with van der Waals surface area (Å²) >= 11 is 0. The van der Waals surface area contributed by atoms with Gasteiger partial charge in [0.05, 0.1) is 23.2 Å². The fourth-order valence-electron chi connectivity index (χ4n) is 4.28. The van der Waals surface area contributed by atoms with Crippen LogP contribution in [0.2, 0.25) is 0 Å². The molecule has 0 unspecified atom stereocenters. The summed E-state index contributed by atoms with van der Waals surface area (Å²) in [7, 11) is 3.56. The number of nitrogens with one attached hydrogen (secondary N) is 1. The molecule has 1 atom stereocenters. The lowest BCUT2D eigenvalue weighted by Gasteiger charge is -2.26. The van der Waals surface area contributed by atoms with Gasteiger partial charge in [-0.2, -0.15) is 0 Å². The molecule has 1 fully saturated rings. The quantitative estimate of drug-likeness (QED) is 0.170. The molecule has 1 aliphatic rings. The van der Waals surface area contributed by atoms with E-state index in [-0.39, 0.29) is 24.4 Å². The first-order valence-corrected chi connectivity index (χ1v) is 13.6. The molecular weight excluding hydrogens is 492 g/mol. The van der Waals surface area contributed by atoms with Crippen LogP contribution in [0.5, 0.6) is 0 Å². The van der Waals surface area contributed by atoms with E-state index in [0.29, 0.717) is 18.0 Å². The number of amides is 1. The van der Waals surface area contributed by atoms with Crippen LogP contribution in [-0.2, 0) is 20.9 Å². The molecule has 0 heterocycles. The number of nitrogens with two attached hydrogens (primary N) is 1. The lowest BCUT2D eigenvalue weighted by molar-refractivity contribution is -0.135. The molecular formula is C31H46N4O4. The molecule has 8 heteroatoms. The molecule has 214 valence electrons. The van der Waals surface area contributed by atoms with Crippen LogP contribution in [0, 0.1) is 5.92 Å². The van der Waals surface area contributed by atoms with Gasteiger partial charge in [0.15, 0.2) is 0 Å². The number of aliphatic imine (C=N–C) groups is 1. The van der Waals surface area contributed by atoms with E-state index in [4.69, 9.17) is 25.4 Å². The highest BCUT2D eigenvalue weighted by Crippen LogP contribution is 2.26. The van der Waals surface area contributed by atoms with Gasteiger partial charge < -0.3 is 25.8 Å². The summed E-state index contributed by atoms with van der Waals surface area (Å²) in [5.74, 6) is 0.444. The monoisotopic (exact) mass is 538 g/mol. The Labute approximate surface area is 234 Å². The van der Waals surface area contributed by atoms with Crippen molar-refractivity contribution in [2.75, 3.05) is 19.5 Å². The van der Waals surface area contributed by atoms with Gasteiger partial charge in [0, 0.05) is 38.5 Å². The number of ether oxygens (including phenoxy) is 1. The SMILES string of the molecule is C\C=C/C(=C\C=C\CC)/N=C(/C(=C\N)Nc1ccc(CN(C)C(=O)C2CCCCC2)cc1)[C@H](C)OC.O=CO. The minimum Gasteiger partial charge on any atom is -0.483 e.